The highest BCUT2D eigenvalue weighted by Crippen LogP contribution is 2.21. The molecule has 2 aromatic rings. The third-order valence-electron chi connectivity index (χ3n) is 5.33. The second-order valence-corrected chi connectivity index (χ2v) is 7.20. The number of nitrogens with zero attached hydrogens (tertiary/aromatic N) is 4. The first-order chi connectivity index (χ1) is 14.0. The Morgan fingerprint density at radius 1 is 1.10 bits per heavy atom. The van der Waals surface area contributed by atoms with Crippen molar-refractivity contribution in [3.63, 3.8) is 0 Å². The third kappa shape index (κ3) is 5.39. The van der Waals surface area contributed by atoms with Crippen LogP contribution in [-0.4, -0.2) is 71.1 Å². The summed E-state index contributed by atoms with van der Waals surface area (Å²) < 4.78 is 5.50. The number of amides is 3. The molecule has 29 heavy (non-hydrogen) atoms. The van der Waals surface area contributed by atoms with Crippen LogP contribution < -0.4 is 10.6 Å². The zero-order valence-electron chi connectivity index (χ0n) is 17.1. The van der Waals surface area contributed by atoms with Gasteiger partial charge in [0.2, 0.25) is 11.8 Å². The molecule has 3 rings (SSSR count). The molecular formula is C20H28N6O3. The van der Waals surface area contributed by atoms with Gasteiger partial charge in [0.25, 0.3) is 0 Å². The van der Waals surface area contributed by atoms with Crippen LogP contribution in [0.4, 0.5) is 4.79 Å². The SMILES string of the molecule is CNC(=O)NC(=O)C(C)N1CCN(C(C)c2nc(Cc3ccccc3)no2)CC1. The Kier molecular flexibility index (Phi) is 6.95. The first-order valence-corrected chi connectivity index (χ1v) is 9.85. The Balaban J connectivity index is 1.52. The first kappa shape index (κ1) is 20.9. The molecule has 0 bridgehead atoms. The summed E-state index contributed by atoms with van der Waals surface area (Å²) in [7, 11) is 1.48. The van der Waals surface area contributed by atoms with Crippen LogP contribution >= 0.6 is 0 Å². The van der Waals surface area contributed by atoms with Crippen LogP contribution in [0.3, 0.4) is 0 Å². The highest BCUT2D eigenvalue weighted by atomic mass is 16.5. The Morgan fingerprint density at radius 3 is 2.41 bits per heavy atom. The summed E-state index contributed by atoms with van der Waals surface area (Å²) >= 11 is 0. The van der Waals surface area contributed by atoms with Crippen molar-refractivity contribution in [3.05, 3.63) is 47.6 Å². The van der Waals surface area contributed by atoms with Gasteiger partial charge in [-0.3, -0.25) is 19.9 Å². The zero-order valence-corrected chi connectivity index (χ0v) is 17.1. The van der Waals surface area contributed by atoms with E-state index in [2.05, 4.69) is 37.5 Å². The lowest BCUT2D eigenvalue weighted by Gasteiger charge is -2.38. The highest BCUT2D eigenvalue weighted by Gasteiger charge is 2.30. The number of nitrogens with one attached hydrogen (secondary N) is 2. The average molecular weight is 400 g/mol. The number of hydrogen-bond donors (Lipinski definition) is 2. The van der Waals surface area contributed by atoms with Gasteiger partial charge in [0.1, 0.15) is 0 Å². The fourth-order valence-corrected chi connectivity index (χ4v) is 3.40. The van der Waals surface area contributed by atoms with Crippen molar-refractivity contribution in [1.29, 1.82) is 0 Å². The lowest BCUT2D eigenvalue weighted by Crippen LogP contribution is -2.55. The van der Waals surface area contributed by atoms with Gasteiger partial charge >= 0.3 is 6.03 Å². The third-order valence-corrected chi connectivity index (χ3v) is 5.33. The molecule has 0 spiro atoms. The van der Waals surface area contributed by atoms with Gasteiger partial charge in [0.15, 0.2) is 5.82 Å². The minimum absolute atomic E-state index is 0.00387. The van der Waals surface area contributed by atoms with E-state index in [0.29, 0.717) is 18.1 Å². The number of urea groups is 1. The standard InChI is InChI=1S/C20H28N6O3/c1-14(18(27)23-20(28)21-3)25-9-11-26(12-10-25)15(2)19-22-17(24-29-19)13-16-7-5-4-6-8-16/h4-8,14-15H,9-13H2,1-3H3,(H2,21,23,27,28). The molecule has 0 aliphatic carbocycles. The second-order valence-electron chi connectivity index (χ2n) is 7.20. The van der Waals surface area contributed by atoms with E-state index < -0.39 is 6.03 Å². The van der Waals surface area contributed by atoms with Crippen LogP contribution in [0.15, 0.2) is 34.9 Å². The van der Waals surface area contributed by atoms with E-state index in [1.165, 1.54) is 7.05 Å². The molecular weight excluding hydrogens is 372 g/mol. The Hall–Kier alpha value is -2.78. The van der Waals surface area contributed by atoms with E-state index >= 15 is 0 Å². The van der Waals surface area contributed by atoms with Crippen molar-refractivity contribution in [3.8, 4) is 0 Å². The van der Waals surface area contributed by atoms with Gasteiger partial charge in [-0.05, 0) is 19.4 Å². The molecule has 2 heterocycles. The summed E-state index contributed by atoms with van der Waals surface area (Å²) in [6.07, 6.45) is 0.642. The van der Waals surface area contributed by atoms with Crippen molar-refractivity contribution in [2.45, 2.75) is 32.4 Å². The van der Waals surface area contributed by atoms with E-state index in [1.807, 2.05) is 37.3 Å². The molecule has 156 valence electrons. The van der Waals surface area contributed by atoms with Gasteiger partial charge < -0.3 is 9.84 Å². The molecule has 9 nitrogen and oxygen atoms in total. The number of hydrogen-bond acceptors (Lipinski definition) is 7. The normalized spacial score (nSPS) is 17.5. The molecule has 1 aliphatic heterocycles. The van der Waals surface area contributed by atoms with Crippen molar-refractivity contribution in [2.24, 2.45) is 0 Å². The number of carbonyl (C=O) groups excluding carboxylic acids is 2. The minimum atomic E-state index is -0.489. The van der Waals surface area contributed by atoms with Gasteiger partial charge in [-0.1, -0.05) is 35.5 Å². The molecule has 1 saturated heterocycles. The monoisotopic (exact) mass is 400 g/mol. The van der Waals surface area contributed by atoms with Crippen LogP contribution in [0.5, 0.6) is 0 Å². The van der Waals surface area contributed by atoms with Crippen molar-refractivity contribution in [1.82, 2.24) is 30.6 Å². The Morgan fingerprint density at radius 2 is 1.76 bits per heavy atom. The summed E-state index contributed by atoms with van der Waals surface area (Å²) in [5.74, 6) is 0.985. The van der Waals surface area contributed by atoms with E-state index in [4.69, 9.17) is 4.52 Å². The molecule has 1 aliphatic rings. The largest absolute Gasteiger partial charge is 0.341 e. The minimum Gasteiger partial charge on any atom is -0.341 e. The van der Waals surface area contributed by atoms with Crippen molar-refractivity contribution < 1.29 is 14.1 Å². The topological polar surface area (TPSA) is 104 Å². The molecule has 0 radical (unpaired) electrons. The molecule has 2 atom stereocenters. The molecule has 2 unspecified atom stereocenters. The smallest absolute Gasteiger partial charge is 0.321 e. The number of rotatable bonds is 6. The van der Waals surface area contributed by atoms with Crippen LogP contribution in [-0.2, 0) is 11.2 Å². The summed E-state index contributed by atoms with van der Waals surface area (Å²) in [6.45, 7) is 6.85. The van der Waals surface area contributed by atoms with Crippen LogP contribution in [0, 0.1) is 0 Å². The number of aromatic nitrogens is 2. The van der Waals surface area contributed by atoms with Crippen LogP contribution in [0.2, 0.25) is 0 Å². The quantitative estimate of drug-likeness (QED) is 0.750. The summed E-state index contributed by atoms with van der Waals surface area (Å²) in [4.78, 5) is 32.4. The zero-order chi connectivity index (χ0) is 20.8. The van der Waals surface area contributed by atoms with E-state index in [1.54, 1.807) is 0 Å². The average Bonchev–Trinajstić information content (AvgIpc) is 3.21. The van der Waals surface area contributed by atoms with E-state index in [0.717, 1.165) is 31.7 Å². The van der Waals surface area contributed by atoms with E-state index in [9.17, 15) is 9.59 Å². The predicted molar refractivity (Wildman–Crippen MR) is 107 cm³/mol. The lowest BCUT2D eigenvalue weighted by molar-refractivity contribution is -0.125. The fourth-order valence-electron chi connectivity index (χ4n) is 3.40. The van der Waals surface area contributed by atoms with Gasteiger partial charge in [0, 0.05) is 39.6 Å². The number of benzene rings is 1. The molecule has 3 amide bonds. The maximum Gasteiger partial charge on any atom is 0.321 e. The van der Waals surface area contributed by atoms with Crippen LogP contribution in [0.1, 0.15) is 37.2 Å². The Labute approximate surface area is 170 Å². The van der Waals surface area contributed by atoms with Gasteiger partial charge in [-0.2, -0.15) is 4.98 Å². The summed E-state index contributed by atoms with van der Waals surface area (Å²) in [6, 6.07) is 9.20. The summed E-state index contributed by atoms with van der Waals surface area (Å²) in [5, 5.41) is 8.84. The molecule has 2 N–H and O–H groups in total. The fraction of sp³-hybridized carbons (Fsp3) is 0.500. The maximum absolute atomic E-state index is 12.1. The summed E-state index contributed by atoms with van der Waals surface area (Å²) in [5.41, 5.74) is 1.14. The molecule has 9 heteroatoms. The molecule has 1 fully saturated rings. The van der Waals surface area contributed by atoms with Gasteiger partial charge in [-0.25, -0.2) is 4.79 Å². The molecule has 1 aromatic heterocycles. The lowest BCUT2D eigenvalue weighted by atomic mass is 10.1. The second kappa shape index (κ2) is 9.62. The Bertz CT molecular complexity index is 817. The van der Waals surface area contributed by atoms with E-state index in [-0.39, 0.29) is 18.0 Å². The number of carbonyl (C=O) groups is 2. The van der Waals surface area contributed by atoms with Crippen molar-refractivity contribution in [2.75, 3.05) is 33.2 Å². The van der Waals surface area contributed by atoms with Crippen molar-refractivity contribution >= 4 is 11.9 Å². The highest BCUT2D eigenvalue weighted by molar-refractivity contribution is 5.96. The molecule has 0 saturated carbocycles. The predicted octanol–water partition coefficient (Wildman–Crippen LogP) is 1.18. The number of piperazine rings is 1. The molecule has 1 aromatic carbocycles. The van der Waals surface area contributed by atoms with Crippen LogP contribution in [0.25, 0.3) is 0 Å². The van der Waals surface area contributed by atoms with Gasteiger partial charge in [0.05, 0.1) is 12.1 Å². The number of imide groups is 1. The first-order valence-electron chi connectivity index (χ1n) is 9.85. The van der Waals surface area contributed by atoms with Gasteiger partial charge in [-0.15, -0.1) is 0 Å². The maximum atomic E-state index is 12.1.